The number of nitrogens with one attached hydrogen (secondary N) is 1. The van der Waals surface area contributed by atoms with E-state index < -0.39 is 0 Å². The highest BCUT2D eigenvalue weighted by molar-refractivity contribution is 6.30. The van der Waals surface area contributed by atoms with Crippen LogP contribution in [0.15, 0.2) is 57.8 Å². The number of hydrogen-bond donors (Lipinski definition) is 1. The molecule has 24 heavy (non-hydrogen) atoms. The van der Waals surface area contributed by atoms with Crippen molar-refractivity contribution in [2.45, 2.75) is 13.5 Å². The number of piperazine rings is 1. The van der Waals surface area contributed by atoms with Crippen LogP contribution in [0.1, 0.15) is 18.2 Å². The first kappa shape index (κ1) is 16.8. The smallest absolute Gasteiger partial charge is 0.126 e. The first-order valence-electron chi connectivity index (χ1n) is 8.28. The monoisotopic (exact) mass is 344 g/mol. The molecule has 0 amide bonds. The predicted octanol–water partition coefficient (Wildman–Crippen LogP) is 2.72. The number of halogens is 1. The van der Waals surface area contributed by atoms with E-state index in [1.54, 1.807) is 11.2 Å². The van der Waals surface area contributed by atoms with E-state index in [-0.39, 0.29) is 0 Å². The Labute approximate surface area is 148 Å². The van der Waals surface area contributed by atoms with Gasteiger partial charge >= 0.3 is 0 Å². The Morgan fingerprint density at radius 3 is 2.67 bits per heavy atom. The van der Waals surface area contributed by atoms with Gasteiger partial charge in [-0.25, -0.2) is 0 Å². The summed E-state index contributed by atoms with van der Waals surface area (Å²) in [5, 5.41) is 7.53. The van der Waals surface area contributed by atoms with Crippen molar-refractivity contribution in [1.82, 2.24) is 5.01 Å². The van der Waals surface area contributed by atoms with E-state index >= 15 is 0 Å². The standard InChI is InChI=1S/C19H22ClN3O/c1-16(13-19-3-2-12-24-19)14-21-23-10-8-22(9-11-23)15-17-4-6-18(20)7-5-17/h2-7,12-14H,8-11,15H2,1H3/p+1/b16-13+,21-14-. The van der Waals surface area contributed by atoms with Crippen molar-refractivity contribution in [3.63, 3.8) is 0 Å². The highest BCUT2D eigenvalue weighted by Crippen LogP contribution is 2.09. The molecule has 1 aromatic carbocycles. The molecule has 0 saturated carbocycles. The summed E-state index contributed by atoms with van der Waals surface area (Å²) in [6, 6.07) is 12.0. The Hall–Kier alpha value is -2.04. The lowest BCUT2D eigenvalue weighted by atomic mass is 10.2. The molecule has 0 spiro atoms. The molecule has 1 aromatic heterocycles. The van der Waals surface area contributed by atoms with Gasteiger partial charge in [-0.1, -0.05) is 23.7 Å². The SMILES string of the molecule is CC(/C=N\N1CC[NH+](Cc2ccc(Cl)cc2)CC1)=C\c1ccco1. The fraction of sp³-hybridized carbons (Fsp3) is 0.316. The zero-order chi connectivity index (χ0) is 16.8. The molecule has 2 aromatic rings. The molecule has 1 aliphatic rings. The molecular weight excluding hydrogens is 322 g/mol. The third kappa shape index (κ3) is 4.98. The fourth-order valence-corrected chi connectivity index (χ4v) is 2.93. The average Bonchev–Trinajstić information content (AvgIpc) is 3.09. The summed E-state index contributed by atoms with van der Waals surface area (Å²) in [5.74, 6) is 0.858. The van der Waals surface area contributed by atoms with Gasteiger partial charge in [0.1, 0.15) is 12.3 Å². The molecule has 1 aliphatic heterocycles. The van der Waals surface area contributed by atoms with Gasteiger partial charge in [-0.2, -0.15) is 5.10 Å². The minimum atomic E-state index is 0.797. The summed E-state index contributed by atoms with van der Waals surface area (Å²) < 4.78 is 5.31. The molecule has 0 atom stereocenters. The molecule has 126 valence electrons. The molecule has 1 N–H and O–H groups in total. The Kier molecular flexibility index (Phi) is 5.72. The average molecular weight is 345 g/mol. The van der Waals surface area contributed by atoms with Gasteiger partial charge in [0.15, 0.2) is 0 Å². The number of rotatable bonds is 5. The lowest BCUT2D eigenvalue weighted by Gasteiger charge is -2.30. The van der Waals surface area contributed by atoms with Gasteiger partial charge in [-0.3, -0.25) is 5.01 Å². The molecule has 3 rings (SSSR count). The summed E-state index contributed by atoms with van der Waals surface area (Å²) in [5.41, 5.74) is 2.42. The number of furan rings is 1. The van der Waals surface area contributed by atoms with Crippen molar-refractivity contribution in [2.24, 2.45) is 5.10 Å². The van der Waals surface area contributed by atoms with Crippen LogP contribution in [0, 0.1) is 0 Å². The van der Waals surface area contributed by atoms with Crippen LogP contribution in [-0.4, -0.2) is 37.4 Å². The molecule has 1 saturated heterocycles. The lowest BCUT2D eigenvalue weighted by Crippen LogP contribution is -3.13. The molecule has 4 nitrogen and oxygen atoms in total. The van der Waals surface area contributed by atoms with E-state index in [1.165, 1.54) is 5.56 Å². The van der Waals surface area contributed by atoms with Gasteiger partial charge in [0.2, 0.25) is 0 Å². The van der Waals surface area contributed by atoms with E-state index in [0.717, 1.165) is 49.1 Å². The second-order valence-corrected chi connectivity index (χ2v) is 6.59. The maximum Gasteiger partial charge on any atom is 0.126 e. The first-order chi connectivity index (χ1) is 11.7. The number of hydrogen-bond acceptors (Lipinski definition) is 3. The molecule has 2 heterocycles. The van der Waals surface area contributed by atoms with Crippen LogP contribution in [0.4, 0.5) is 0 Å². The van der Waals surface area contributed by atoms with Crippen LogP contribution in [-0.2, 0) is 6.54 Å². The summed E-state index contributed by atoms with van der Waals surface area (Å²) in [6.07, 6.45) is 5.58. The molecular formula is C19H23ClN3O+. The van der Waals surface area contributed by atoms with Gasteiger partial charge in [-0.15, -0.1) is 0 Å². The number of benzene rings is 1. The number of hydrazone groups is 1. The molecule has 0 radical (unpaired) electrons. The minimum absolute atomic E-state index is 0.797. The van der Waals surface area contributed by atoms with Crippen LogP contribution in [0.25, 0.3) is 6.08 Å². The summed E-state index contributed by atoms with van der Waals surface area (Å²) in [4.78, 5) is 1.59. The zero-order valence-electron chi connectivity index (χ0n) is 13.9. The van der Waals surface area contributed by atoms with Crippen molar-refractivity contribution >= 4 is 23.9 Å². The molecule has 0 bridgehead atoms. The van der Waals surface area contributed by atoms with Gasteiger partial charge in [0.05, 0.1) is 38.7 Å². The predicted molar refractivity (Wildman–Crippen MR) is 98.3 cm³/mol. The minimum Gasteiger partial charge on any atom is -0.465 e. The maximum absolute atomic E-state index is 5.94. The molecule has 0 unspecified atom stereocenters. The van der Waals surface area contributed by atoms with Crippen LogP contribution < -0.4 is 4.90 Å². The van der Waals surface area contributed by atoms with Gasteiger partial charge in [0, 0.05) is 10.6 Å². The Morgan fingerprint density at radius 1 is 1.25 bits per heavy atom. The molecule has 0 aliphatic carbocycles. The summed E-state index contributed by atoms with van der Waals surface area (Å²) in [6.45, 7) is 7.24. The largest absolute Gasteiger partial charge is 0.465 e. The topological polar surface area (TPSA) is 33.2 Å². The highest BCUT2D eigenvalue weighted by Gasteiger charge is 2.18. The van der Waals surface area contributed by atoms with Crippen molar-refractivity contribution in [1.29, 1.82) is 0 Å². The fourth-order valence-electron chi connectivity index (χ4n) is 2.80. The van der Waals surface area contributed by atoms with Gasteiger partial charge in [-0.05, 0) is 42.8 Å². The van der Waals surface area contributed by atoms with E-state index in [2.05, 4.69) is 22.2 Å². The Morgan fingerprint density at radius 2 is 2.00 bits per heavy atom. The van der Waals surface area contributed by atoms with Crippen LogP contribution >= 0.6 is 11.6 Å². The van der Waals surface area contributed by atoms with E-state index in [4.69, 9.17) is 16.0 Å². The second kappa shape index (κ2) is 8.18. The number of allylic oxidation sites excluding steroid dienone is 1. The van der Waals surface area contributed by atoms with E-state index in [9.17, 15) is 0 Å². The second-order valence-electron chi connectivity index (χ2n) is 6.16. The zero-order valence-corrected chi connectivity index (χ0v) is 14.7. The highest BCUT2D eigenvalue weighted by atomic mass is 35.5. The van der Waals surface area contributed by atoms with Crippen LogP contribution in [0.2, 0.25) is 5.02 Å². The van der Waals surface area contributed by atoms with Crippen molar-refractivity contribution < 1.29 is 9.32 Å². The maximum atomic E-state index is 5.94. The first-order valence-corrected chi connectivity index (χ1v) is 8.65. The van der Waals surface area contributed by atoms with E-state index in [0.29, 0.717) is 0 Å². The third-order valence-electron chi connectivity index (χ3n) is 4.15. The van der Waals surface area contributed by atoms with Crippen LogP contribution in [0.5, 0.6) is 0 Å². The van der Waals surface area contributed by atoms with Crippen molar-refractivity contribution in [3.05, 3.63) is 64.6 Å². The quantitative estimate of drug-likeness (QED) is 0.846. The van der Waals surface area contributed by atoms with Gasteiger partial charge in [0.25, 0.3) is 0 Å². The number of nitrogens with zero attached hydrogens (tertiary/aromatic N) is 2. The van der Waals surface area contributed by atoms with Gasteiger partial charge < -0.3 is 9.32 Å². The third-order valence-corrected chi connectivity index (χ3v) is 4.40. The summed E-state index contributed by atoms with van der Waals surface area (Å²) in [7, 11) is 0. The normalized spacial score (nSPS) is 16.9. The Balaban J connectivity index is 1.46. The molecule has 1 fully saturated rings. The van der Waals surface area contributed by atoms with Crippen molar-refractivity contribution in [2.75, 3.05) is 26.2 Å². The van der Waals surface area contributed by atoms with Crippen LogP contribution in [0.3, 0.4) is 0 Å². The Bertz CT molecular complexity index is 684. The number of quaternary nitrogens is 1. The lowest BCUT2D eigenvalue weighted by molar-refractivity contribution is -0.918. The van der Waals surface area contributed by atoms with E-state index in [1.807, 2.05) is 43.5 Å². The van der Waals surface area contributed by atoms with Crippen molar-refractivity contribution in [3.8, 4) is 0 Å². The summed E-state index contributed by atoms with van der Waals surface area (Å²) >= 11 is 5.94. The molecule has 5 heteroatoms.